The summed E-state index contributed by atoms with van der Waals surface area (Å²) in [7, 11) is 3.15. The average molecular weight is 387 g/mol. The molecule has 0 radical (unpaired) electrons. The number of imidazole rings is 1. The van der Waals surface area contributed by atoms with Gasteiger partial charge in [0.15, 0.2) is 11.2 Å². The van der Waals surface area contributed by atoms with Crippen molar-refractivity contribution in [3.05, 3.63) is 62.8 Å². The van der Waals surface area contributed by atoms with Crippen LogP contribution >= 0.6 is 0 Å². The van der Waals surface area contributed by atoms with Gasteiger partial charge in [0.25, 0.3) is 5.56 Å². The summed E-state index contributed by atoms with van der Waals surface area (Å²) < 4.78 is 16.8. The molecule has 0 saturated carbocycles. The lowest BCUT2D eigenvalue weighted by Gasteiger charge is -2.23. The molecule has 0 spiro atoms. The minimum absolute atomic E-state index is 0.0218. The first-order valence-electron chi connectivity index (χ1n) is 8.86. The van der Waals surface area contributed by atoms with Gasteiger partial charge >= 0.3 is 5.69 Å². The van der Waals surface area contributed by atoms with E-state index in [0.717, 1.165) is 10.1 Å². The maximum atomic E-state index is 13.2. The molecule has 3 aromatic rings. The summed E-state index contributed by atoms with van der Waals surface area (Å²) in [6, 6.07) is 5.48. The van der Waals surface area contributed by atoms with Crippen LogP contribution < -0.4 is 16.6 Å². The number of benzene rings is 1. The van der Waals surface area contributed by atoms with Crippen LogP contribution in [0.15, 0.2) is 40.2 Å². The molecule has 148 valence electrons. The van der Waals surface area contributed by atoms with E-state index in [1.807, 2.05) is 13.8 Å². The first kappa shape index (κ1) is 19.5. The van der Waals surface area contributed by atoms with Gasteiger partial charge in [-0.25, -0.2) is 18.7 Å². The predicted molar refractivity (Wildman–Crippen MR) is 102 cm³/mol. The van der Waals surface area contributed by atoms with Crippen molar-refractivity contribution in [2.75, 3.05) is 0 Å². The number of fused-ring (bicyclic) bond motifs is 1. The Bertz CT molecular complexity index is 1140. The van der Waals surface area contributed by atoms with Gasteiger partial charge in [-0.1, -0.05) is 26.0 Å². The second kappa shape index (κ2) is 7.41. The Balaban J connectivity index is 1.92. The number of nitrogens with one attached hydrogen (secondary N) is 1. The number of aromatic nitrogens is 4. The summed E-state index contributed by atoms with van der Waals surface area (Å²) in [5.74, 6) is -0.825. The third-order valence-corrected chi connectivity index (χ3v) is 4.72. The first-order chi connectivity index (χ1) is 13.2. The Morgan fingerprint density at radius 3 is 2.43 bits per heavy atom. The molecule has 1 amide bonds. The largest absolute Gasteiger partial charge is 0.347 e. The molecule has 1 atom stereocenters. The maximum absolute atomic E-state index is 13.2. The zero-order valence-corrected chi connectivity index (χ0v) is 16.1. The molecule has 9 heteroatoms. The van der Waals surface area contributed by atoms with Crippen LogP contribution in [0, 0.1) is 11.7 Å². The number of hydrogen-bond donors (Lipinski definition) is 1. The van der Waals surface area contributed by atoms with E-state index in [0.29, 0.717) is 0 Å². The van der Waals surface area contributed by atoms with Crippen molar-refractivity contribution in [3.63, 3.8) is 0 Å². The lowest BCUT2D eigenvalue weighted by Crippen LogP contribution is -2.44. The topological polar surface area (TPSA) is 90.9 Å². The molecule has 0 fully saturated rings. The summed E-state index contributed by atoms with van der Waals surface area (Å²) in [5, 5.41) is 2.84. The molecule has 0 aliphatic carbocycles. The molecule has 0 saturated heterocycles. The normalized spacial score (nSPS) is 12.5. The Morgan fingerprint density at radius 1 is 1.18 bits per heavy atom. The van der Waals surface area contributed by atoms with E-state index in [-0.39, 0.29) is 28.9 Å². The summed E-state index contributed by atoms with van der Waals surface area (Å²) >= 11 is 0. The minimum Gasteiger partial charge on any atom is -0.347 e. The lowest BCUT2D eigenvalue weighted by atomic mass is 9.96. The molecule has 8 nitrogen and oxygen atoms in total. The summed E-state index contributed by atoms with van der Waals surface area (Å²) in [5.41, 5.74) is 0.0619. The van der Waals surface area contributed by atoms with Gasteiger partial charge in [-0.05, 0) is 23.6 Å². The third kappa shape index (κ3) is 3.47. The van der Waals surface area contributed by atoms with Crippen LogP contribution in [0.5, 0.6) is 0 Å². The molecule has 0 bridgehead atoms. The Morgan fingerprint density at radius 2 is 1.82 bits per heavy atom. The molecule has 2 aromatic heterocycles. The van der Waals surface area contributed by atoms with Crippen LogP contribution in [0.1, 0.15) is 25.5 Å². The van der Waals surface area contributed by atoms with E-state index in [1.54, 1.807) is 19.2 Å². The number of nitrogens with zero attached hydrogens (tertiary/aromatic N) is 4. The highest BCUT2D eigenvalue weighted by atomic mass is 19.1. The number of carbonyl (C=O) groups is 1. The van der Waals surface area contributed by atoms with Crippen LogP contribution in [0.2, 0.25) is 0 Å². The zero-order chi connectivity index (χ0) is 20.6. The molecule has 28 heavy (non-hydrogen) atoms. The lowest BCUT2D eigenvalue weighted by molar-refractivity contribution is -0.122. The Hall–Kier alpha value is -3.23. The first-order valence-corrected chi connectivity index (χ1v) is 8.86. The van der Waals surface area contributed by atoms with E-state index in [1.165, 1.54) is 34.6 Å². The molecule has 3 rings (SSSR count). The molecule has 1 N–H and O–H groups in total. The van der Waals surface area contributed by atoms with Crippen LogP contribution in [0.25, 0.3) is 11.2 Å². The summed E-state index contributed by atoms with van der Waals surface area (Å²) in [6.07, 6.45) is 1.44. The highest BCUT2D eigenvalue weighted by Crippen LogP contribution is 2.21. The van der Waals surface area contributed by atoms with E-state index < -0.39 is 23.7 Å². The fourth-order valence-electron chi connectivity index (χ4n) is 3.20. The number of carbonyl (C=O) groups excluding carboxylic acids is 1. The molecule has 1 aromatic carbocycles. The minimum atomic E-state index is -0.616. The van der Waals surface area contributed by atoms with Gasteiger partial charge in [-0.2, -0.15) is 0 Å². The Kier molecular flexibility index (Phi) is 5.17. The SMILES string of the molecule is CC(C)[C@@H](NC(=O)Cn1c(=O)c2c(ncn2C)n(C)c1=O)c1ccc(F)cc1. The third-order valence-electron chi connectivity index (χ3n) is 4.72. The van der Waals surface area contributed by atoms with Crippen molar-refractivity contribution < 1.29 is 9.18 Å². The van der Waals surface area contributed by atoms with Crippen LogP contribution in [0.4, 0.5) is 4.39 Å². The van der Waals surface area contributed by atoms with Crippen molar-refractivity contribution >= 4 is 17.1 Å². The second-order valence-electron chi connectivity index (χ2n) is 7.10. The molecule has 0 unspecified atom stereocenters. The summed E-state index contributed by atoms with van der Waals surface area (Å²) in [4.78, 5) is 41.9. The standard InChI is InChI=1S/C19H22FN5O3/c1-11(2)15(12-5-7-13(20)8-6-12)22-14(26)9-25-18(27)16-17(21-10-23(16)3)24(4)19(25)28/h5-8,10-11,15H,9H2,1-4H3,(H,22,26)/t15-/m1/s1. The highest BCUT2D eigenvalue weighted by molar-refractivity contribution is 5.77. The van der Waals surface area contributed by atoms with Gasteiger partial charge in [0.05, 0.1) is 12.4 Å². The number of amides is 1. The highest BCUT2D eigenvalue weighted by Gasteiger charge is 2.21. The fraction of sp³-hybridized carbons (Fsp3) is 0.368. The van der Waals surface area contributed by atoms with Crippen LogP contribution in [0.3, 0.4) is 0 Å². The van der Waals surface area contributed by atoms with Gasteiger partial charge in [0, 0.05) is 14.1 Å². The van der Waals surface area contributed by atoms with Crippen LogP contribution in [-0.2, 0) is 25.4 Å². The number of aryl methyl sites for hydroxylation is 2. The predicted octanol–water partition coefficient (Wildman–Crippen LogP) is 1.09. The molecule has 0 aliphatic heterocycles. The van der Waals surface area contributed by atoms with Crippen molar-refractivity contribution in [1.82, 2.24) is 24.0 Å². The van der Waals surface area contributed by atoms with E-state index in [2.05, 4.69) is 10.3 Å². The van der Waals surface area contributed by atoms with Gasteiger partial charge in [-0.3, -0.25) is 14.2 Å². The number of rotatable bonds is 5. The van der Waals surface area contributed by atoms with E-state index in [9.17, 15) is 18.8 Å². The molecule has 2 heterocycles. The van der Waals surface area contributed by atoms with Gasteiger partial charge in [0.1, 0.15) is 12.4 Å². The molecular weight excluding hydrogens is 365 g/mol. The Labute approximate surface area is 160 Å². The molecule has 0 aliphatic rings. The number of hydrogen-bond acceptors (Lipinski definition) is 4. The van der Waals surface area contributed by atoms with Crippen molar-refractivity contribution in [1.29, 1.82) is 0 Å². The monoisotopic (exact) mass is 387 g/mol. The van der Waals surface area contributed by atoms with E-state index in [4.69, 9.17) is 0 Å². The van der Waals surface area contributed by atoms with Crippen LogP contribution in [-0.4, -0.2) is 24.6 Å². The van der Waals surface area contributed by atoms with Crippen molar-refractivity contribution in [3.8, 4) is 0 Å². The zero-order valence-electron chi connectivity index (χ0n) is 16.1. The molecular formula is C19H22FN5O3. The van der Waals surface area contributed by atoms with Gasteiger partial charge in [-0.15, -0.1) is 0 Å². The second-order valence-corrected chi connectivity index (χ2v) is 7.10. The average Bonchev–Trinajstić information content (AvgIpc) is 3.04. The quantitative estimate of drug-likeness (QED) is 0.709. The van der Waals surface area contributed by atoms with Gasteiger partial charge in [0.2, 0.25) is 5.91 Å². The van der Waals surface area contributed by atoms with Crippen molar-refractivity contribution in [2.45, 2.75) is 26.4 Å². The number of halogens is 1. The van der Waals surface area contributed by atoms with E-state index >= 15 is 0 Å². The fourth-order valence-corrected chi connectivity index (χ4v) is 3.20. The maximum Gasteiger partial charge on any atom is 0.332 e. The van der Waals surface area contributed by atoms with Crippen molar-refractivity contribution in [2.24, 2.45) is 20.0 Å². The van der Waals surface area contributed by atoms with Gasteiger partial charge < -0.3 is 9.88 Å². The summed E-state index contributed by atoms with van der Waals surface area (Å²) in [6.45, 7) is 3.42. The smallest absolute Gasteiger partial charge is 0.332 e.